The Hall–Kier alpha value is -1.28. The van der Waals surface area contributed by atoms with Crippen LogP contribution in [0, 0.1) is 0 Å². The van der Waals surface area contributed by atoms with Gasteiger partial charge in [-0.05, 0) is 17.7 Å². The number of ether oxygens (including phenoxy) is 1. The van der Waals surface area contributed by atoms with Crippen molar-refractivity contribution in [1.29, 1.82) is 0 Å². The van der Waals surface area contributed by atoms with E-state index < -0.39 is 5.97 Å². The Kier molecular flexibility index (Phi) is 3.09. The lowest BCUT2D eigenvalue weighted by Crippen LogP contribution is -2.02. The first kappa shape index (κ1) is 9.81. The largest absolute Gasteiger partial charge is 0.465 e. The van der Waals surface area contributed by atoms with Crippen molar-refractivity contribution in [2.45, 2.75) is 0 Å². The number of esters is 1. The maximum absolute atomic E-state index is 11.1. The van der Waals surface area contributed by atoms with E-state index in [0.29, 0.717) is 16.2 Å². The van der Waals surface area contributed by atoms with Crippen molar-refractivity contribution in [3.05, 3.63) is 41.4 Å². The fraction of sp³-hybridized carbons (Fsp3) is 0.100. The van der Waals surface area contributed by atoms with Crippen LogP contribution in [0.4, 0.5) is 0 Å². The number of hydrogen-bond acceptors (Lipinski definition) is 2. The number of methoxy groups -OCH3 is 1. The maximum atomic E-state index is 11.1. The molecular formula is C10H9ClO2. The lowest BCUT2D eigenvalue weighted by Gasteiger charge is -2.03. The second kappa shape index (κ2) is 4.10. The van der Waals surface area contributed by atoms with Crippen LogP contribution in [0.1, 0.15) is 5.56 Å². The van der Waals surface area contributed by atoms with Crippen molar-refractivity contribution < 1.29 is 9.53 Å². The molecule has 0 saturated heterocycles. The molecule has 1 rings (SSSR count). The molecule has 0 aliphatic rings. The summed E-state index contributed by atoms with van der Waals surface area (Å²) in [5.74, 6) is -0.442. The van der Waals surface area contributed by atoms with Crippen molar-refractivity contribution in [2.24, 2.45) is 0 Å². The molecule has 68 valence electrons. The fourth-order valence-corrected chi connectivity index (χ4v) is 1.11. The molecule has 0 aliphatic heterocycles. The van der Waals surface area contributed by atoms with Crippen LogP contribution in [0.5, 0.6) is 0 Å². The van der Waals surface area contributed by atoms with Gasteiger partial charge in [0, 0.05) is 5.02 Å². The standard InChI is InChI=1S/C10H9ClO2/c1-7(10(12)13-2)8-4-3-5-9(11)6-8/h3-6H,1H2,2H3. The van der Waals surface area contributed by atoms with E-state index in [9.17, 15) is 4.79 Å². The van der Waals surface area contributed by atoms with Gasteiger partial charge in [0.2, 0.25) is 0 Å². The molecule has 1 aromatic carbocycles. The minimum absolute atomic E-state index is 0.310. The fourth-order valence-electron chi connectivity index (χ4n) is 0.917. The monoisotopic (exact) mass is 196 g/mol. The number of carbonyl (C=O) groups excluding carboxylic acids is 1. The average molecular weight is 197 g/mol. The molecule has 2 nitrogen and oxygen atoms in total. The van der Waals surface area contributed by atoms with E-state index >= 15 is 0 Å². The molecule has 0 saturated carbocycles. The number of carbonyl (C=O) groups is 1. The summed E-state index contributed by atoms with van der Waals surface area (Å²) in [5.41, 5.74) is 0.990. The minimum atomic E-state index is -0.442. The van der Waals surface area contributed by atoms with Crippen LogP contribution in [0.25, 0.3) is 5.57 Å². The van der Waals surface area contributed by atoms with Gasteiger partial charge < -0.3 is 4.74 Å². The highest BCUT2D eigenvalue weighted by molar-refractivity contribution is 6.31. The van der Waals surface area contributed by atoms with E-state index in [1.165, 1.54) is 7.11 Å². The molecule has 0 bridgehead atoms. The van der Waals surface area contributed by atoms with Gasteiger partial charge in [-0.2, -0.15) is 0 Å². The topological polar surface area (TPSA) is 26.3 Å². The van der Waals surface area contributed by atoms with Crippen LogP contribution in [0.2, 0.25) is 5.02 Å². The van der Waals surface area contributed by atoms with Gasteiger partial charge >= 0.3 is 5.97 Å². The highest BCUT2D eigenvalue weighted by Crippen LogP contribution is 2.17. The highest BCUT2D eigenvalue weighted by atomic mass is 35.5. The van der Waals surface area contributed by atoms with Gasteiger partial charge in [0.05, 0.1) is 12.7 Å². The molecule has 0 spiro atoms. The summed E-state index contributed by atoms with van der Waals surface area (Å²) in [6.07, 6.45) is 0. The Morgan fingerprint density at radius 3 is 2.77 bits per heavy atom. The molecule has 0 atom stereocenters. The Labute approximate surface area is 81.8 Å². The van der Waals surface area contributed by atoms with Gasteiger partial charge in [0.15, 0.2) is 0 Å². The second-order valence-electron chi connectivity index (χ2n) is 2.48. The first-order valence-electron chi connectivity index (χ1n) is 3.68. The third-order valence-corrected chi connectivity index (χ3v) is 1.84. The molecule has 0 aliphatic carbocycles. The molecule has 0 aromatic heterocycles. The van der Waals surface area contributed by atoms with E-state index in [-0.39, 0.29) is 0 Å². The van der Waals surface area contributed by atoms with Crippen LogP contribution in [0.3, 0.4) is 0 Å². The molecular weight excluding hydrogens is 188 g/mol. The van der Waals surface area contributed by atoms with E-state index in [0.717, 1.165) is 0 Å². The summed E-state index contributed by atoms with van der Waals surface area (Å²) < 4.78 is 4.52. The Morgan fingerprint density at radius 2 is 2.23 bits per heavy atom. The van der Waals surface area contributed by atoms with Gasteiger partial charge in [-0.25, -0.2) is 4.79 Å². The molecule has 3 heteroatoms. The SMILES string of the molecule is C=C(C(=O)OC)c1cccc(Cl)c1. The zero-order chi connectivity index (χ0) is 9.84. The highest BCUT2D eigenvalue weighted by Gasteiger charge is 2.08. The van der Waals surface area contributed by atoms with E-state index in [1.807, 2.05) is 0 Å². The summed E-state index contributed by atoms with van der Waals surface area (Å²) in [6.45, 7) is 3.60. The summed E-state index contributed by atoms with van der Waals surface area (Å²) in [7, 11) is 1.32. The predicted octanol–water partition coefficient (Wildman–Crippen LogP) is 2.53. The van der Waals surface area contributed by atoms with Crippen molar-refractivity contribution in [2.75, 3.05) is 7.11 Å². The first-order chi connectivity index (χ1) is 6.15. The third kappa shape index (κ3) is 2.33. The van der Waals surface area contributed by atoms with E-state index in [4.69, 9.17) is 11.6 Å². The normalized spacial score (nSPS) is 9.38. The number of halogens is 1. The molecule has 0 N–H and O–H groups in total. The van der Waals surface area contributed by atoms with Crippen LogP contribution in [-0.4, -0.2) is 13.1 Å². The Balaban J connectivity index is 2.95. The quantitative estimate of drug-likeness (QED) is 0.537. The molecule has 0 amide bonds. The zero-order valence-corrected chi connectivity index (χ0v) is 7.97. The minimum Gasteiger partial charge on any atom is -0.465 e. The Bertz CT molecular complexity index is 345. The first-order valence-corrected chi connectivity index (χ1v) is 4.06. The van der Waals surface area contributed by atoms with Crippen LogP contribution >= 0.6 is 11.6 Å². The van der Waals surface area contributed by atoms with Crippen LogP contribution < -0.4 is 0 Å². The van der Waals surface area contributed by atoms with E-state index in [1.54, 1.807) is 24.3 Å². The Morgan fingerprint density at radius 1 is 1.54 bits per heavy atom. The number of hydrogen-bond donors (Lipinski definition) is 0. The lowest BCUT2D eigenvalue weighted by molar-refractivity contribution is -0.133. The van der Waals surface area contributed by atoms with Gasteiger partial charge in [-0.1, -0.05) is 30.3 Å². The average Bonchev–Trinajstić information content (AvgIpc) is 2.15. The molecule has 0 heterocycles. The molecule has 1 aromatic rings. The molecule has 0 unspecified atom stereocenters. The summed E-state index contributed by atoms with van der Waals surface area (Å²) in [4.78, 5) is 11.1. The second-order valence-corrected chi connectivity index (χ2v) is 2.92. The summed E-state index contributed by atoms with van der Waals surface area (Å²) >= 11 is 5.74. The van der Waals surface area contributed by atoms with Gasteiger partial charge in [0.1, 0.15) is 0 Å². The summed E-state index contributed by atoms with van der Waals surface area (Å²) in [6, 6.07) is 6.91. The number of benzene rings is 1. The predicted molar refractivity (Wildman–Crippen MR) is 52.5 cm³/mol. The van der Waals surface area contributed by atoms with Crippen LogP contribution in [0.15, 0.2) is 30.8 Å². The maximum Gasteiger partial charge on any atom is 0.337 e. The smallest absolute Gasteiger partial charge is 0.337 e. The van der Waals surface area contributed by atoms with Gasteiger partial charge in [-0.3, -0.25) is 0 Å². The molecule has 0 fully saturated rings. The molecule has 0 radical (unpaired) electrons. The van der Waals surface area contributed by atoms with Crippen molar-refractivity contribution >= 4 is 23.1 Å². The lowest BCUT2D eigenvalue weighted by atomic mass is 10.1. The van der Waals surface area contributed by atoms with Crippen LogP contribution in [-0.2, 0) is 9.53 Å². The molecule has 13 heavy (non-hydrogen) atoms. The van der Waals surface area contributed by atoms with Crippen molar-refractivity contribution in [3.8, 4) is 0 Å². The third-order valence-electron chi connectivity index (χ3n) is 1.60. The van der Waals surface area contributed by atoms with Crippen molar-refractivity contribution in [1.82, 2.24) is 0 Å². The number of rotatable bonds is 2. The van der Waals surface area contributed by atoms with Crippen molar-refractivity contribution in [3.63, 3.8) is 0 Å². The van der Waals surface area contributed by atoms with E-state index in [2.05, 4.69) is 11.3 Å². The summed E-state index contributed by atoms with van der Waals surface area (Å²) in [5, 5.41) is 0.572. The van der Waals surface area contributed by atoms with Gasteiger partial charge in [-0.15, -0.1) is 0 Å². The zero-order valence-electron chi connectivity index (χ0n) is 7.21. The van der Waals surface area contributed by atoms with Gasteiger partial charge in [0.25, 0.3) is 0 Å².